The third-order valence-corrected chi connectivity index (χ3v) is 2.58. The van der Waals surface area contributed by atoms with Crippen molar-refractivity contribution in [3.05, 3.63) is 10.4 Å². The molecule has 2 atom stereocenters. The van der Waals surface area contributed by atoms with E-state index < -0.39 is 0 Å². The Bertz CT molecular complexity index is 204. The highest BCUT2D eigenvalue weighted by Crippen LogP contribution is 2.39. The molecule has 1 saturated carbocycles. The largest absolute Gasteiger partial charge is 0.0906 e. The molecule has 0 saturated heterocycles. The third-order valence-electron chi connectivity index (χ3n) is 2.58. The van der Waals surface area contributed by atoms with Gasteiger partial charge in [-0.25, -0.2) is 0 Å². The minimum absolute atomic E-state index is 0.230. The van der Waals surface area contributed by atoms with E-state index in [1.54, 1.807) is 0 Å². The molecule has 68 valence electrons. The second kappa shape index (κ2) is 3.36. The molecule has 0 amide bonds. The van der Waals surface area contributed by atoms with Gasteiger partial charge in [0.2, 0.25) is 0 Å². The van der Waals surface area contributed by atoms with E-state index in [1.165, 1.54) is 6.42 Å². The molecule has 0 aromatic rings. The van der Waals surface area contributed by atoms with Crippen LogP contribution in [0.4, 0.5) is 0 Å². The van der Waals surface area contributed by atoms with Gasteiger partial charge < -0.3 is 0 Å². The Kier molecular flexibility index (Phi) is 2.63. The van der Waals surface area contributed by atoms with Crippen molar-refractivity contribution < 1.29 is 0 Å². The SMILES string of the molecule is C[C@@H]1C[C@@H](N=[N+]=[N-])CC(C)(C)C1. The van der Waals surface area contributed by atoms with Gasteiger partial charge in [-0.2, -0.15) is 0 Å². The Balaban J connectivity index is 2.63. The van der Waals surface area contributed by atoms with Gasteiger partial charge in [0.15, 0.2) is 0 Å². The standard InChI is InChI=1S/C9H17N3/c1-7-4-8(11-12-10)6-9(2,3)5-7/h7-8H,4-6H2,1-3H3/t7-,8-/m1/s1. The molecule has 1 fully saturated rings. The first-order valence-corrected chi connectivity index (χ1v) is 4.58. The Morgan fingerprint density at radius 3 is 2.58 bits per heavy atom. The molecular formula is C9H17N3. The van der Waals surface area contributed by atoms with Gasteiger partial charge in [-0.1, -0.05) is 25.9 Å². The molecule has 1 rings (SSSR count). The zero-order valence-electron chi connectivity index (χ0n) is 8.12. The van der Waals surface area contributed by atoms with Crippen LogP contribution in [0.15, 0.2) is 5.11 Å². The van der Waals surface area contributed by atoms with Crippen LogP contribution in [-0.2, 0) is 0 Å². The van der Waals surface area contributed by atoms with Gasteiger partial charge in [-0.15, -0.1) is 0 Å². The maximum absolute atomic E-state index is 8.33. The van der Waals surface area contributed by atoms with Crippen molar-refractivity contribution >= 4 is 0 Å². The molecule has 12 heavy (non-hydrogen) atoms. The minimum Gasteiger partial charge on any atom is -0.0906 e. The summed E-state index contributed by atoms with van der Waals surface area (Å²) in [5.74, 6) is 0.698. The average molecular weight is 167 g/mol. The van der Waals surface area contributed by atoms with Crippen molar-refractivity contribution in [2.45, 2.75) is 46.1 Å². The summed E-state index contributed by atoms with van der Waals surface area (Å²) in [6.07, 6.45) is 3.36. The van der Waals surface area contributed by atoms with Crippen LogP contribution in [-0.4, -0.2) is 6.04 Å². The van der Waals surface area contributed by atoms with Crippen molar-refractivity contribution in [1.82, 2.24) is 0 Å². The molecule has 0 heterocycles. The van der Waals surface area contributed by atoms with Crippen LogP contribution in [0.2, 0.25) is 0 Å². The lowest BCUT2D eigenvalue weighted by Gasteiger charge is -2.37. The quantitative estimate of drug-likeness (QED) is 0.326. The summed E-state index contributed by atoms with van der Waals surface area (Å²) >= 11 is 0. The molecule has 1 aliphatic carbocycles. The molecule has 3 heteroatoms. The lowest BCUT2D eigenvalue weighted by Crippen LogP contribution is -2.29. The van der Waals surface area contributed by atoms with Gasteiger partial charge in [-0.05, 0) is 36.1 Å². The number of rotatable bonds is 1. The van der Waals surface area contributed by atoms with Crippen LogP contribution < -0.4 is 0 Å². The van der Waals surface area contributed by atoms with Crippen molar-refractivity contribution in [2.24, 2.45) is 16.4 Å². The predicted octanol–water partition coefficient (Wildman–Crippen LogP) is 3.51. The van der Waals surface area contributed by atoms with Crippen LogP contribution in [0.5, 0.6) is 0 Å². The zero-order chi connectivity index (χ0) is 9.19. The summed E-state index contributed by atoms with van der Waals surface area (Å²) < 4.78 is 0. The van der Waals surface area contributed by atoms with Crippen molar-refractivity contribution in [3.63, 3.8) is 0 Å². The first-order chi connectivity index (χ1) is 5.53. The monoisotopic (exact) mass is 167 g/mol. The van der Waals surface area contributed by atoms with Crippen LogP contribution >= 0.6 is 0 Å². The van der Waals surface area contributed by atoms with Crippen LogP contribution in [0, 0.1) is 11.3 Å². The number of hydrogen-bond acceptors (Lipinski definition) is 1. The molecule has 1 aliphatic rings. The van der Waals surface area contributed by atoms with E-state index in [4.69, 9.17) is 5.53 Å². The highest BCUT2D eigenvalue weighted by atomic mass is 15.1. The minimum atomic E-state index is 0.230. The topological polar surface area (TPSA) is 48.8 Å². The van der Waals surface area contributed by atoms with Crippen LogP contribution in [0.3, 0.4) is 0 Å². The highest BCUT2D eigenvalue weighted by molar-refractivity contribution is 4.86. The molecule has 0 radical (unpaired) electrons. The summed E-state index contributed by atoms with van der Waals surface area (Å²) in [5.41, 5.74) is 8.69. The van der Waals surface area contributed by atoms with E-state index in [0.717, 1.165) is 12.8 Å². The Labute approximate surface area is 73.8 Å². The predicted molar refractivity (Wildman–Crippen MR) is 49.7 cm³/mol. The van der Waals surface area contributed by atoms with E-state index in [0.29, 0.717) is 11.3 Å². The van der Waals surface area contributed by atoms with Crippen molar-refractivity contribution in [2.75, 3.05) is 0 Å². The molecule has 3 nitrogen and oxygen atoms in total. The first kappa shape index (κ1) is 9.40. The Morgan fingerprint density at radius 2 is 2.08 bits per heavy atom. The van der Waals surface area contributed by atoms with Gasteiger partial charge >= 0.3 is 0 Å². The third kappa shape index (κ3) is 2.42. The van der Waals surface area contributed by atoms with Gasteiger partial charge in [0.1, 0.15) is 0 Å². The van der Waals surface area contributed by atoms with Crippen LogP contribution in [0.1, 0.15) is 40.0 Å². The molecule has 0 bridgehead atoms. The van der Waals surface area contributed by atoms with Gasteiger partial charge in [-0.3, -0.25) is 0 Å². The number of hydrogen-bond donors (Lipinski definition) is 0. The second-order valence-corrected chi connectivity index (χ2v) is 4.77. The fourth-order valence-electron chi connectivity index (χ4n) is 2.46. The second-order valence-electron chi connectivity index (χ2n) is 4.77. The van der Waals surface area contributed by atoms with Crippen molar-refractivity contribution in [3.8, 4) is 0 Å². The molecule has 0 unspecified atom stereocenters. The summed E-state index contributed by atoms with van der Waals surface area (Å²) in [4.78, 5) is 2.88. The van der Waals surface area contributed by atoms with Gasteiger partial charge in [0.25, 0.3) is 0 Å². The fourth-order valence-corrected chi connectivity index (χ4v) is 2.46. The summed E-state index contributed by atoms with van der Waals surface area (Å²) in [7, 11) is 0. The van der Waals surface area contributed by atoms with Gasteiger partial charge in [0.05, 0.1) is 0 Å². The van der Waals surface area contributed by atoms with E-state index in [1.807, 2.05) is 0 Å². The summed E-state index contributed by atoms with van der Waals surface area (Å²) in [6.45, 7) is 6.74. The molecule has 0 N–H and O–H groups in total. The van der Waals surface area contributed by atoms with Crippen LogP contribution in [0.25, 0.3) is 10.4 Å². The highest BCUT2D eigenvalue weighted by Gasteiger charge is 2.31. The van der Waals surface area contributed by atoms with Crippen molar-refractivity contribution in [1.29, 1.82) is 0 Å². The molecule has 0 aromatic heterocycles. The fraction of sp³-hybridized carbons (Fsp3) is 1.00. The molecule has 0 aliphatic heterocycles. The number of azide groups is 1. The summed E-state index contributed by atoms with van der Waals surface area (Å²) in [6, 6.07) is 0.230. The van der Waals surface area contributed by atoms with E-state index in [9.17, 15) is 0 Å². The molecule has 0 spiro atoms. The smallest absolute Gasteiger partial charge is 0.0381 e. The van der Waals surface area contributed by atoms with E-state index in [2.05, 4.69) is 30.8 Å². The van der Waals surface area contributed by atoms with Gasteiger partial charge in [0, 0.05) is 11.0 Å². The zero-order valence-corrected chi connectivity index (χ0v) is 8.12. The lowest BCUT2D eigenvalue weighted by atomic mass is 9.71. The lowest BCUT2D eigenvalue weighted by molar-refractivity contribution is 0.170. The number of nitrogens with zero attached hydrogens (tertiary/aromatic N) is 3. The molecule has 0 aromatic carbocycles. The first-order valence-electron chi connectivity index (χ1n) is 4.58. The Hall–Kier alpha value is -0.690. The maximum atomic E-state index is 8.33. The van der Waals surface area contributed by atoms with E-state index in [-0.39, 0.29) is 6.04 Å². The average Bonchev–Trinajstić information content (AvgIpc) is 1.82. The summed E-state index contributed by atoms with van der Waals surface area (Å²) in [5, 5.41) is 3.81. The van der Waals surface area contributed by atoms with E-state index >= 15 is 0 Å². The maximum Gasteiger partial charge on any atom is 0.0381 e. The normalized spacial score (nSPS) is 33.9. The Morgan fingerprint density at radius 1 is 1.42 bits per heavy atom. The molecular weight excluding hydrogens is 150 g/mol.